The molecule has 0 unspecified atom stereocenters. The Kier molecular flexibility index (Phi) is 18.4. The number of likely N-dealkylation sites (N-methyl/N-ethyl adjacent to an activating group) is 2. The first-order chi connectivity index (χ1) is 25.3. The van der Waals surface area contributed by atoms with Crippen molar-refractivity contribution in [2.24, 2.45) is 23.7 Å². The molecular weight excluding hydrogens is 694 g/mol. The van der Waals surface area contributed by atoms with Gasteiger partial charge in [0.25, 0.3) is 0 Å². The molecule has 0 aromatic heterocycles. The van der Waals surface area contributed by atoms with Crippen LogP contribution < -0.4 is 10.6 Å². The zero-order valence-corrected chi connectivity index (χ0v) is 34.4. The summed E-state index contributed by atoms with van der Waals surface area (Å²) in [5, 5.41) is 26.2. The number of carbonyl (C=O) groups excluding carboxylic acids is 4. The van der Waals surface area contributed by atoms with E-state index in [0.717, 1.165) is 11.3 Å². The van der Waals surface area contributed by atoms with Crippen LogP contribution in [0.15, 0.2) is 30.3 Å². The van der Waals surface area contributed by atoms with E-state index in [2.05, 4.69) is 10.6 Å². The normalized spacial score (nSPS) is 19.5. The Hall–Kier alpha value is -3.75. The van der Waals surface area contributed by atoms with Gasteiger partial charge in [-0.2, -0.15) is 0 Å². The molecule has 1 aliphatic rings. The largest absolute Gasteiger partial charge is 0.465 e. The molecule has 10 atom stereocenters. The van der Waals surface area contributed by atoms with Gasteiger partial charge in [-0.3, -0.25) is 24.1 Å². The predicted molar refractivity (Wildman–Crippen MR) is 206 cm³/mol. The highest BCUT2D eigenvalue weighted by molar-refractivity contribution is 5.91. The second-order valence-corrected chi connectivity index (χ2v) is 15.6. The molecule has 54 heavy (non-hydrogen) atoms. The smallest absolute Gasteiger partial charge is 0.407 e. The summed E-state index contributed by atoms with van der Waals surface area (Å²) in [5.74, 6) is -2.82. The number of hydrogen-bond acceptors (Lipinski definition) is 8. The Morgan fingerprint density at radius 3 is 2.00 bits per heavy atom. The molecule has 14 heteroatoms. The van der Waals surface area contributed by atoms with E-state index in [1.54, 1.807) is 56.7 Å². The molecule has 1 saturated heterocycles. The van der Waals surface area contributed by atoms with Crippen molar-refractivity contribution in [3.05, 3.63) is 35.9 Å². The maximum absolute atomic E-state index is 14.2. The van der Waals surface area contributed by atoms with Gasteiger partial charge in [0.1, 0.15) is 12.1 Å². The molecule has 0 aliphatic carbocycles. The SMILES string of the molecule is CC[C@@H](C)[C@@H]([C@H](CC(=O)N1CCC[C@H]1[C@H](OC)[C@@H](C)C(=O)N[C@H](C)[C@H](O)c1ccccc1)OC)N(C)C(=O)[C@@H](NC(=O)[C@H](C(C)C)N(C)C(=O)O)C(C)C. The third kappa shape index (κ3) is 11.6. The van der Waals surface area contributed by atoms with Crippen LogP contribution in [0.3, 0.4) is 0 Å². The third-order valence-electron chi connectivity index (χ3n) is 11.1. The fourth-order valence-corrected chi connectivity index (χ4v) is 7.70. The average molecular weight is 762 g/mol. The minimum absolute atomic E-state index is 0.0333. The van der Waals surface area contributed by atoms with E-state index in [1.807, 2.05) is 45.9 Å². The Balaban J connectivity index is 2.27. The van der Waals surface area contributed by atoms with E-state index in [0.29, 0.717) is 24.9 Å². The monoisotopic (exact) mass is 761 g/mol. The summed E-state index contributed by atoms with van der Waals surface area (Å²) >= 11 is 0. The maximum Gasteiger partial charge on any atom is 0.407 e. The average Bonchev–Trinajstić information content (AvgIpc) is 3.62. The summed E-state index contributed by atoms with van der Waals surface area (Å²) in [6.07, 6.45) is -1.45. The lowest BCUT2D eigenvalue weighted by Gasteiger charge is -2.41. The summed E-state index contributed by atoms with van der Waals surface area (Å²) < 4.78 is 11.9. The van der Waals surface area contributed by atoms with Crippen molar-refractivity contribution in [2.75, 3.05) is 34.9 Å². The highest BCUT2D eigenvalue weighted by Crippen LogP contribution is 2.30. The van der Waals surface area contributed by atoms with Crippen LogP contribution in [0.25, 0.3) is 0 Å². The summed E-state index contributed by atoms with van der Waals surface area (Å²) in [5.41, 5.74) is 0.692. The Morgan fingerprint density at radius 1 is 0.889 bits per heavy atom. The molecule has 0 bridgehead atoms. The maximum atomic E-state index is 14.2. The van der Waals surface area contributed by atoms with Crippen LogP contribution >= 0.6 is 0 Å². The van der Waals surface area contributed by atoms with Crippen LogP contribution in [0.1, 0.15) is 92.7 Å². The summed E-state index contributed by atoms with van der Waals surface area (Å²) in [7, 11) is 6.02. The number of likely N-dealkylation sites (tertiary alicyclic amines) is 1. The number of ether oxygens (including phenoxy) is 2. The van der Waals surface area contributed by atoms with Crippen LogP contribution in [-0.2, 0) is 28.7 Å². The first kappa shape index (κ1) is 46.4. The van der Waals surface area contributed by atoms with Gasteiger partial charge in [-0.15, -0.1) is 0 Å². The van der Waals surface area contributed by atoms with E-state index in [1.165, 1.54) is 21.3 Å². The molecule has 1 fully saturated rings. The van der Waals surface area contributed by atoms with Crippen LogP contribution in [0.5, 0.6) is 0 Å². The number of carboxylic acid groups (broad SMARTS) is 1. The third-order valence-corrected chi connectivity index (χ3v) is 11.1. The van der Waals surface area contributed by atoms with E-state index in [9.17, 15) is 34.2 Å². The van der Waals surface area contributed by atoms with E-state index >= 15 is 0 Å². The van der Waals surface area contributed by atoms with Crippen molar-refractivity contribution in [2.45, 2.75) is 130 Å². The van der Waals surface area contributed by atoms with Crippen molar-refractivity contribution in [1.29, 1.82) is 0 Å². The number of aliphatic hydroxyl groups is 1. The summed E-state index contributed by atoms with van der Waals surface area (Å²) in [4.78, 5) is 71.3. The fraction of sp³-hybridized carbons (Fsp3) is 0.725. The minimum Gasteiger partial charge on any atom is -0.465 e. The Labute approximate surface area is 322 Å². The lowest BCUT2D eigenvalue weighted by atomic mass is 9.89. The minimum atomic E-state index is -1.25. The number of hydrogen-bond donors (Lipinski definition) is 4. The molecule has 14 nitrogen and oxygen atoms in total. The van der Waals surface area contributed by atoms with Gasteiger partial charge in [-0.1, -0.05) is 85.2 Å². The lowest BCUT2D eigenvalue weighted by molar-refractivity contribution is -0.148. The van der Waals surface area contributed by atoms with Gasteiger partial charge >= 0.3 is 6.09 Å². The van der Waals surface area contributed by atoms with E-state index in [4.69, 9.17) is 9.47 Å². The highest BCUT2D eigenvalue weighted by atomic mass is 16.5. The topological polar surface area (TPSA) is 178 Å². The number of nitrogens with one attached hydrogen (secondary N) is 2. The van der Waals surface area contributed by atoms with E-state index < -0.39 is 60.4 Å². The highest BCUT2D eigenvalue weighted by Gasteiger charge is 2.43. The zero-order valence-electron chi connectivity index (χ0n) is 34.4. The first-order valence-electron chi connectivity index (χ1n) is 19.2. The van der Waals surface area contributed by atoms with Crippen LogP contribution in [0, 0.1) is 23.7 Å². The number of amides is 5. The van der Waals surface area contributed by atoms with Gasteiger partial charge in [0.2, 0.25) is 23.6 Å². The molecule has 306 valence electrons. The first-order valence-corrected chi connectivity index (χ1v) is 19.2. The van der Waals surface area contributed by atoms with Gasteiger partial charge in [-0.05, 0) is 43.1 Å². The molecule has 0 saturated carbocycles. The number of methoxy groups -OCH3 is 2. The van der Waals surface area contributed by atoms with Gasteiger partial charge < -0.3 is 40.1 Å². The quantitative estimate of drug-likeness (QED) is 0.153. The molecule has 0 radical (unpaired) electrons. The van der Waals surface area contributed by atoms with Crippen LogP contribution in [0.4, 0.5) is 4.79 Å². The number of benzene rings is 1. The number of aliphatic hydroxyl groups excluding tert-OH is 1. The molecular formula is C40H67N5O9. The second-order valence-electron chi connectivity index (χ2n) is 15.6. The molecule has 4 N–H and O–H groups in total. The zero-order chi connectivity index (χ0) is 41.0. The van der Waals surface area contributed by atoms with Crippen molar-refractivity contribution in [3.63, 3.8) is 0 Å². The number of nitrogens with zero attached hydrogens (tertiary/aromatic N) is 3. The molecule has 2 rings (SSSR count). The molecule has 0 spiro atoms. The molecule has 1 aromatic rings. The van der Waals surface area contributed by atoms with Crippen molar-refractivity contribution in [1.82, 2.24) is 25.3 Å². The lowest BCUT2D eigenvalue weighted by Crippen LogP contribution is -2.60. The van der Waals surface area contributed by atoms with Crippen LogP contribution in [-0.4, -0.2) is 132 Å². The number of rotatable bonds is 20. The molecule has 1 heterocycles. The van der Waals surface area contributed by atoms with Gasteiger partial charge in [0.05, 0.1) is 48.8 Å². The summed E-state index contributed by atoms with van der Waals surface area (Å²) in [6, 6.07) is 5.67. The Morgan fingerprint density at radius 2 is 1.50 bits per heavy atom. The predicted octanol–water partition coefficient (Wildman–Crippen LogP) is 3.92. The molecule has 1 aromatic carbocycles. The second kappa shape index (κ2) is 21.4. The number of carbonyl (C=O) groups is 5. The molecule has 1 aliphatic heterocycles. The van der Waals surface area contributed by atoms with E-state index in [-0.39, 0.29) is 47.9 Å². The van der Waals surface area contributed by atoms with Gasteiger partial charge in [0, 0.05) is 34.9 Å². The van der Waals surface area contributed by atoms with Crippen molar-refractivity contribution in [3.8, 4) is 0 Å². The van der Waals surface area contributed by atoms with Gasteiger partial charge in [0.15, 0.2) is 0 Å². The standard InChI is InChI=1S/C40H67N5O9/c1-13-25(6)34(43(9)39(50)32(23(2)3)42-38(49)33(24(4)5)44(10)40(51)52)30(53-11)22-31(46)45-21-17-20-29(45)36(54-12)26(7)37(48)41-27(8)35(47)28-18-15-14-16-19-28/h14-16,18-19,23-27,29-30,32-36,47H,13,17,20-22H2,1-12H3,(H,41,48)(H,42,49)(H,51,52)/t25-,26-,27-,29+,30+,32+,33+,34+,35+,36-/m1/s1. The fourth-order valence-electron chi connectivity index (χ4n) is 7.70. The van der Waals surface area contributed by atoms with Gasteiger partial charge in [-0.25, -0.2) is 4.79 Å². The summed E-state index contributed by atoms with van der Waals surface area (Å²) in [6.45, 7) is 15.1. The van der Waals surface area contributed by atoms with Crippen molar-refractivity contribution >= 4 is 29.7 Å². The van der Waals surface area contributed by atoms with Crippen LogP contribution in [0.2, 0.25) is 0 Å². The molecule has 5 amide bonds. The Bertz CT molecular complexity index is 1380. The van der Waals surface area contributed by atoms with Crippen molar-refractivity contribution < 1.29 is 43.7 Å².